The molecule has 0 saturated carbocycles. The first-order chi connectivity index (χ1) is 12.8. The van der Waals surface area contributed by atoms with Crippen molar-refractivity contribution in [3.63, 3.8) is 0 Å². The lowest BCUT2D eigenvalue weighted by Crippen LogP contribution is -2.45. The quantitative estimate of drug-likeness (QED) is 0.574. The van der Waals surface area contributed by atoms with E-state index in [1.807, 2.05) is 36.4 Å². The molecule has 0 aliphatic carbocycles. The molecule has 1 atom stereocenters. The number of nitriles is 1. The molecule has 8 nitrogen and oxygen atoms in total. The Balaban J connectivity index is 1.96. The molecule has 3 rings (SSSR count). The van der Waals surface area contributed by atoms with Crippen molar-refractivity contribution in [2.24, 2.45) is 0 Å². The van der Waals surface area contributed by atoms with Crippen molar-refractivity contribution < 1.29 is 18.1 Å². The Morgan fingerprint density at radius 2 is 2.04 bits per heavy atom. The van der Waals surface area contributed by atoms with E-state index < -0.39 is 21.0 Å². The minimum Gasteiger partial charge on any atom is -0.485 e. The van der Waals surface area contributed by atoms with Gasteiger partial charge in [0.25, 0.3) is 0 Å². The molecule has 0 spiro atoms. The summed E-state index contributed by atoms with van der Waals surface area (Å²) in [6.07, 6.45) is 1.35. The number of nitro benzene ring substituents is 1. The normalized spacial score (nSPS) is 16.3. The van der Waals surface area contributed by atoms with Crippen molar-refractivity contribution in [1.82, 2.24) is 4.31 Å². The first-order valence-corrected chi connectivity index (χ1v) is 9.99. The smallest absolute Gasteiger partial charge is 0.312 e. The highest BCUT2D eigenvalue weighted by Gasteiger charge is 2.34. The van der Waals surface area contributed by atoms with Gasteiger partial charge in [-0.25, -0.2) is 8.42 Å². The second-order valence-electron chi connectivity index (χ2n) is 6.32. The van der Waals surface area contributed by atoms with Crippen molar-refractivity contribution in [1.29, 1.82) is 5.26 Å². The van der Waals surface area contributed by atoms with E-state index in [1.165, 1.54) is 10.4 Å². The third-order valence-corrected chi connectivity index (χ3v) is 5.64. The fraction of sp³-hybridized carbons (Fsp3) is 0.278. The van der Waals surface area contributed by atoms with Gasteiger partial charge in [-0.15, -0.1) is 0 Å². The van der Waals surface area contributed by atoms with Gasteiger partial charge in [-0.2, -0.15) is 9.57 Å². The van der Waals surface area contributed by atoms with Crippen LogP contribution in [0.15, 0.2) is 42.5 Å². The molecule has 1 unspecified atom stereocenters. The van der Waals surface area contributed by atoms with E-state index in [0.717, 1.165) is 17.9 Å². The number of fused-ring (bicyclic) bond motifs is 1. The summed E-state index contributed by atoms with van der Waals surface area (Å²) >= 11 is 0. The highest BCUT2D eigenvalue weighted by molar-refractivity contribution is 7.88. The van der Waals surface area contributed by atoms with Crippen LogP contribution in [-0.2, 0) is 23.0 Å². The second kappa shape index (κ2) is 7.34. The Hall–Kier alpha value is -2.96. The number of benzene rings is 2. The molecule has 0 fully saturated rings. The summed E-state index contributed by atoms with van der Waals surface area (Å²) in [5, 5.41) is 20.4. The van der Waals surface area contributed by atoms with Crippen molar-refractivity contribution in [3.8, 4) is 11.8 Å². The van der Waals surface area contributed by atoms with Crippen LogP contribution in [-0.4, -0.2) is 36.6 Å². The fourth-order valence-corrected chi connectivity index (χ4v) is 4.21. The molecule has 1 aliphatic heterocycles. The van der Waals surface area contributed by atoms with E-state index in [2.05, 4.69) is 0 Å². The number of sulfonamides is 1. The maximum atomic E-state index is 12.4. The molecule has 2 aromatic rings. The summed E-state index contributed by atoms with van der Waals surface area (Å²) in [5.74, 6) is 0.100. The summed E-state index contributed by atoms with van der Waals surface area (Å²) < 4.78 is 31.6. The SMILES string of the molecule is CS(=O)(=O)N(Cc1ccccc1)C1COc2c(cc(C#N)cc2[N+](=O)[O-])C1. The lowest BCUT2D eigenvalue weighted by atomic mass is 9.99. The number of ether oxygens (including phenoxy) is 1. The first-order valence-electron chi connectivity index (χ1n) is 8.14. The molecule has 27 heavy (non-hydrogen) atoms. The highest BCUT2D eigenvalue weighted by Crippen LogP contribution is 2.37. The lowest BCUT2D eigenvalue weighted by molar-refractivity contribution is -0.386. The zero-order valence-corrected chi connectivity index (χ0v) is 15.3. The summed E-state index contributed by atoms with van der Waals surface area (Å²) in [5.41, 5.74) is 1.14. The Morgan fingerprint density at radius 1 is 1.33 bits per heavy atom. The van der Waals surface area contributed by atoms with Gasteiger partial charge in [-0.3, -0.25) is 10.1 Å². The Bertz CT molecular complexity index is 1020. The molecule has 1 heterocycles. The number of hydrogen-bond acceptors (Lipinski definition) is 6. The van der Waals surface area contributed by atoms with E-state index in [-0.39, 0.29) is 36.6 Å². The molecular formula is C18H17N3O5S. The van der Waals surface area contributed by atoms with Crippen LogP contribution in [0, 0.1) is 21.4 Å². The van der Waals surface area contributed by atoms with Crippen molar-refractivity contribution in [3.05, 3.63) is 69.3 Å². The summed E-state index contributed by atoms with van der Waals surface area (Å²) in [7, 11) is -3.55. The van der Waals surface area contributed by atoms with Crippen molar-refractivity contribution >= 4 is 15.7 Å². The minimum atomic E-state index is -3.55. The van der Waals surface area contributed by atoms with Crippen LogP contribution in [0.3, 0.4) is 0 Å². The van der Waals surface area contributed by atoms with Crippen LogP contribution in [0.5, 0.6) is 5.75 Å². The van der Waals surface area contributed by atoms with Gasteiger partial charge in [-0.05, 0) is 18.1 Å². The first kappa shape index (κ1) is 18.8. The molecule has 0 amide bonds. The Labute approximate surface area is 156 Å². The molecular weight excluding hydrogens is 370 g/mol. The van der Waals surface area contributed by atoms with E-state index in [1.54, 1.807) is 0 Å². The maximum absolute atomic E-state index is 12.4. The maximum Gasteiger partial charge on any atom is 0.312 e. The minimum absolute atomic E-state index is 0.000353. The predicted octanol–water partition coefficient (Wildman–Crippen LogP) is 2.23. The van der Waals surface area contributed by atoms with Gasteiger partial charge < -0.3 is 4.74 Å². The topological polar surface area (TPSA) is 114 Å². The Kier molecular flexibility index (Phi) is 5.12. The number of hydrogen-bond donors (Lipinski definition) is 0. The summed E-state index contributed by atoms with van der Waals surface area (Å²) in [4.78, 5) is 10.7. The molecule has 0 bridgehead atoms. The van der Waals surface area contributed by atoms with Crippen LogP contribution < -0.4 is 4.74 Å². The average molecular weight is 387 g/mol. The summed E-state index contributed by atoms with van der Waals surface area (Å²) in [6, 6.07) is 13.2. The second-order valence-corrected chi connectivity index (χ2v) is 8.25. The van der Waals surface area contributed by atoms with E-state index in [0.29, 0.717) is 5.56 Å². The largest absolute Gasteiger partial charge is 0.485 e. The van der Waals surface area contributed by atoms with Crippen molar-refractivity contribution in [2.75, 3.05) is 12.9 Å². The van der Waals surface area contributed by atoms with Crippen LogP contribution in [0.4, 0.5) is 5.69 Å². The van der Waals surface area contributed by atoms with Crippen LogP contribution in [0.1, 0.15) is 16.7 Å². The van der Waals surface area contributed by atoms with Crippen LogP contribution in [0.2, 0.25) is 0 Å². The van der Waals surface area contributed by atoms with Gasteiger partial charge in [0.05, 0.1) is 28.9 Å². The van der Waals surface area contributed by atoms with Gasteiger partial charge in [0.15, 0.2) is 0 Å². The van der Waals surface area contributed by atoms with E-state index in [4.69, 9.17) is 10.00 Å². The number of nitro groups is 1. The zero-order valence-electron chi connectivity index (χ0n) is 14.5. The molecule has 0 aromatic heterocycles. The molecule has 0 radical (unpaired) electrons. The third kappa shape index (κ3) is 4.07. The molecule has 9 heteroatoms. The van der Waals surface area contributed by atoms with Gasteiger partial charge >= 0.3 is 5.69 Å². The number of rotatable bonds is 5. The number of nitrogens with zero attached hydrogens (tertiary/aromatic N) is 3. The van der Waals surface area contributed by atoms with Gasteiger partial charge in [0.2, 0.25) is 15.8 Å². The van der Waals surface area contributed by atoms with Gasteiger partial charge in [0.1, 0.15) is 6.61 Å². The lowest BCUT2D eigenvalue weighted by Gasteiger charge is -2.33. The summed E-state index contributed by atoms with van der Waals surface area (Å²) in [6.45, 7) is 0.169. The van der Waals surface area contributed by atoms with E-state index >= 15 is 0 Å². The molecule has 2 aromatic carbocycles. The van der Waals surface area contributed by atoms with Crippen molar-refractivity contribution in [2.45, 2.75) is 19.0 Å². The monoisotopic (exact) mass is 387 g/mol. The zero-order chi connectivity index (χ0) is 19.6. The van der Waals surface area contributed by atoms with Crippen LogP contribution in [0.25, 0.3) is 0 Å². The highest BCUT2D eigenvalue weighted by atomic mass is 32.2. The standard InChI is InChI=1S/C18H17N3O5S/c1-27(24,25)20(11-13-5-3-2-4-6-13)16-9-15-7-14(10-19)8-17(21(22)23)18(15)26-12-16/h2-8,16H,9,11-12H2,1H3. The van der Waals surface area contributed by atoms with Gasteiger partial charge in [0, 0.05) is 18.2 Å². The molecule has 1 aliphatic rings. The van der Waals surface area contributed by atoms with Gasteiger partial charge in [-0.1, -0.05) is 30.3 Å². The predicted molar refractivity (Wildman–Crippen MR) is 97.6 cm³/mol. The fourth-order valence-electron chi connectivity index (χ4n) is 3.15. The van der Waals surface area contributed by atoms with Crippen LogP contribution >= 0.6 is 0 Å². The molecule has 0 saturated heterocycles. The third-order valence-electron chi connectivity index (χ3n) is 4.36. The Morgan fingerprint density at radius 3 is 2.63 bits per heavy atom. The van der Waals surface area contributed by atoms with E-state index in [9.17, 15) is 18.5 Å². The molecule has 140 valence electrons. The molecule has 0 N–H and O–H groups in total. The average Bonchev–Trinajstić information content (AvgIpc) is 2.64.